The van der Waals surface area contributed by atoms with Crippen molar-refractivity contribution >= 4 is 5.91 Å². The second-order valence-electron chi connectivity index (χ2n) is 6.75. The maximum absolute atomic E-state index is 11.8. The van der Waals surface area contributed by atoms with Gasteiger partial charge in [-0.1, -0.05) is 59.3 Å². The van der Waals surface area contributed by atoms with E-state index in [1.54, 1.807) is 6.92 Å². The van der Waals surface area contributed by atoms with Crippen molar-refractivity contribution in [3.8, 4) is 0 Å². The van der Waals surface area contributed by atoms with Gasteiger partial charge in [0.25, 0.3) is 0 Å². The number of aliphatic hydroxyl groups excluding tert-OH is 3. The lowest BCUT2D eigenvalue weighted by molar-refractivity contribution is -0.121. The van der Waals surface area contributed by atoms with Crippen LogP contribution in [0.5, 0.6) is 0 Å². The summed E-state index contributed by atoms with van der Waals surface area (Å²) in [5.74, 6) is -0.563. The summed E-state index contributed by atoms with van der Waals surface area (Å²) in [4.78, 5) is 11.8. The highest BCUT2D eigenvalue weighted by atomic mass is 16.3. The third kappa shape index (κ3) is 10.7. The number of aliphatic hydroxyl groups is 3. The van der Waals surface area contributed by atoms with Gasteiger partial charge < -0.3 is 20.6 Å². The van der Waals surface area contributed by atoms with Gasteiger partial charge in [0.2, 0.25) is 5.91 Å². The highest BCUT2D eigenvalue weighted by molar-refractivity contribution is 5.75. The first-order chi connectivity index (χ1) is 10.9. The molecule has 4 atom stereocenters. The lowest BCUT2D eigenvalue weighted by Crippen LogP contribution is -2.40. The first-order valence-electron chi connectivity index (χ1n) is 9.17. The standard InChI is InChI=1S/C18H37NO4/c1-4-5-6-7-8-9-10-11-17(22)19-12-14(2)18(23)15(3)16(21)13-20/h14-16,18,20-21,23H,4-13H2,1-3H3,(H,19,22)/t14-,15+,16+,18+/m0/s1. The van der Waals surface area contributed by atoms with Gasteiger partial charge in [-0.25, -0.2) is 0 Å². The largest absolute Gasteiger partial charge is 0.394 e. The first kappa shape index (κ1) is 22.4. The van der Waals surface area contributed by atoms with Crippen molar-refractivity contribution < 1.29 is 20.1 Å². The summed E-state index contributed by atoms with van der Waals surface area (Å²) < 4.78 is 0. The van der Waals surface area contributed by atoms with Crippen molar-refractivity contribution in [2.75, 3.05) is 13.2 Å². The van der Waals surface area contributed by atoms with Crippen LogP contribution in [0.2, 0.25) is 0 Å². The molecular weight excluding hydrogens is 294 g/mol. The average Bonchev–Trinajstić information content (AvgIpc) is 2.56. The van der Waals surface area contributed by atoms with Gasteiger partial charge in [-0.2, -0.15) is 0 Å². The van der Waals surface area contributed by atoms with E-state index in [1.807, 2.05) is 6.92 Å². The Morgan fingerprint density at radius 3 is 2.13 bits per heavy atom. The van der Waals surface area contributed by atoms with E-state index in [2.05, 4.69) is 12.2 Å². The van der Waals surface area contributed by atoms with E-state index < -0.39 is 18.1 Å². The van der Waals surface area contributed by atoms with Gasteiger partial charge in [0.05, 0.1) is 18.8 Å². The predicted molar refractivity (Wildman–Crippen MR) is 93.0 cm³/mol. The van der Waals surface area contributed by atoms with E-state index in [1.165, 1.54) is 32.1 Å². The lowest BCUT2D eigenvalue weighted by atomic mass is 9.89. The number of carbonyl (C=O) groups is 1. The SMILES string of the molecule is CCCCCCCCCC(=O)NC[C@H](C)[C@@H](O)[C@H](C)[C@H](O)CO. The molecule has 0 aromatic heterocycles. The third-order valence-electron chi connectivity index (χ3n) is 4.54. The molecule has 0 unspecified atom stereocenters. The summed E-state index contributed by atoms with van der Waals surface area (Å²) in [7, 11) is 0. The highest BCUT2D eigenvalue weighted by Gasteiger charge is 2.26. The van der Waals surface area contributed by atoms with Crippen LogP contribution in [0.1, 0.15) is 72.1 Å². The summed E-state index contributed by atoms with van der Waals surface area (Å²) in [6, 6.07) is 0. The molecule has 1 amide bonds. The minimum absolute atomic E-state index is 0.0213. The molecule has 5 nitrogen and oxygen atoms in total. The molecule has 0 heterocycles. The smallest absolute Gasteiger partial charge is 0.220 e. The minimum Gasteiger partial charge on any atom is -0.394 e. The maximum atomic E-state index is 11.8. The molecule has 5 heteroatoms. The van der Waals surface area contributed by atoms with Crippen LogP contribution in [-0.4, -0.2) is 46.6 Å². The molecule has 0 saturated carbocycles. The Kier molecular flexibility index (Phi) is 13.4. The summed E-state index contributed by atoms with van der Waals surface area (Å²) in [5, 5.41) is 31.4. The van der Waals surface area contributed by atoms with Crippen LogP contribution in [0.25, 0.3) is 0 Å². The van der Waals surface area contributed by atoms with Crippen LogP contribution in [0, 0.1) is 11.8 Å². The number of carbonyl (C=O) groups excluding carboxylic acids is 1. The Morgan fingerprint density at radius 2 is 1.57 bits per heavy atom. The topological polar surface area (TPSA) is 89.8 Å². The summed E-state index contributed by atoms with van der Waals surface area (Å²) in [6.45, 7) is 5.75. The molecule has 0 fully saturated rings. The third-order valence-corrected chi connectivity index (χ3v) is 4.54. The molecule has 0 aromatic rings. The number of hydrogen-bond acceptors (Lipinski definition) is 4. The molecule has 0 bridgehead atoms. The number of nitrogens with one attached hydrogen (secondary N) is 1. The van der Waals surface area contributed by atoms with E-state index in [-0.39, 0.29) is 18.4 Å². The number of unbranched alkanes of at least 4 members (excludes halogenated alkanes) is 6. The molecule has 0 saturated heterocycles. The van der Waals surface area contributed by atoms with Gasteiger partial charge in [0.15, 0.2) is 0 Å². The van der Waals surface area contributed by atoms with Crippen LogP contribution in [0.4, 0.5) is 0 Å². The van der Waals surface area contributed by atoms with Crippen molar-refractivity contribution in [3.05, 3.63) is 0 Å². The summed E-state index contributed by atoms with van der Waals surface area (Å²) in [6.07, 6.45) is 7.13. The van der Waals surface area contributed by atoms with Crippen LogP contribution >= 0.6 is 0 Å². The highest BCUT2D eigenvalue weighted by Crippen LogP contribution is 2.16. The fraction of sp³-hybridized carbons (Fsp3) is 0.944. The zero-order chi connectivity index (χ0) is 17.7. The Balaban J connectivity index is 3.75. The van der Waals surface area contributed by atoms with Gasteiger partial charge in [-0.05, 0) is 12.3 Å². The van der Waals surface area contributed by atoms with Crippen molar-refractivity contribution in [1.29, 1.82) is 0 Å². The number of hydrogen-bond donors (Lipinski definition) is 4. The van der Waals surface area contributed by atoms with Crippen LogP contribution in [0.3, 0.4) is 0 Å². The molecular formula is C18H37NO4. The Bertz CT molecular complexity index is 299. The molecule has 23 heavy (non-hydrogen) atoms. The molecule has 4 N–H and O–H groups in total. The van der Waals surface area contributed by atoms with Gasteiger partial charge >= 0.3 is 0 Å². The molecule has 0 rings (SSSR count). The van der Waals surface area contributed by atoms with Crippen LogP contribution < -0.4 is 5.32 Å². The van der Waals surface area contributed by atoms with Gasteiger partial charge in [0, 0.05) is 18.9 Å². The van der Waals surface area contributed by atoms with Gasteiger partial charge in [0.1, 0.15) is 0 Å². The van der Waals surface area contributed by atoms with Crippen LogP contribution in [0.15, 0.2) is 0 Å². The van der Waals surface area contributed by atoms with E-state index in [9.17, 15) is 15.0 Å². The maximum Gasteiger partial charge on any atom is 0.220 e. The minimum atomic E-state index is -0.934. The molecule has 0 aliphatic carbocycles. The normalized spacial score (nSPS) is 16.6. The van der Waals surface area contributed by atoms with Crippen LogP contribution in [-0.2, 0) is 4.79 Å². The second kappa shape index (κ2) is 13.8. The zero-order valence-electron chi connectivity index (χ0n) is 15.1. The summed E-state index contributed by atoms with van der Waals surface area (Å²) >= 11 is 0. The van der Waals surface area contributed by atoms with Gasteiger partial charge in [-0.15, -0.1) is 0 Å². The van der Waals surface area contributed by atoms with E-state index >= 15 is 0 Å². The van der Waals surface area contributed by atoms with Crippen molar-refractivity contribution in [2.24, 2.45) is 11.8 Å². The Labute approximate surface area is 141 Å². The van der Waals surface area contributed by atoms with Crippen molar-refractivity contribution in [2.45, 2.75) is 84.3 Å². The van der Waals surface area contributed by atoms with Crippen molar-refractivity contribution in [1.82, 2.24) is 5.32 Å². The molecule has 0 spiro atoms. The predicted octanol–water partition coefficient (Wildman–Crippen LogP) is 2.23. The fourth-order valence-electron chi connectivity index (χ4n) is 2.64. The molecule has 0 aliphatic rings. The number of rotatable bonds is 14. The van der Waals surface area contributed by atoms with E-state index in [0.29, 0.717) is 13.0 Å². The number of amides is 1. The molecule has 138 valence electrons. The molecule has 0 aliphatic heterocycles. The van der Waals surface area contributed by atoms with Gasteiger partial charge in [-0.3, -0.25) is 4.79 Å². The fourth-order valence-corrected chi connectivity index (χ4v) is 2.64. The van der Waals surface area contributed by atoms with Crippen molar-refractivity contribution in [3.63, 3.8) is 0 Å². The summed E-state index contributed by atoms with van der Waals surface area (Å²) in [5.41, 5.74) is 0. The average molecular weight is 331 g/mol. The monoisotopic (exact) mass is 331 g/mol. The van der Waals surface area contributed by atoms with E-state index in [4.69, 9.17) is 5.11 Å². The Hall–Kier alpha value is -0.650. The zero-order valence-corrected chi connectivity index (χ0v) is 15.1. The van der Waals surface area contributed by atoms with E-state index in [0.717, 1.165) is 12.8 Å². The molecule has 0 radical (unpaired) electrons. The Morgan fingerprint density at radius 1 is 1.00 bits per heavy atom. The first-order valence-corrected chi connectivity index (χ1v) is 9.17. The second-order valence-corrected chi connectivity index (χ2v) is 6.75. The molecule has 0 aromatic carbocycles. The quantitative estimate of drug-likeness (QED) is 0.367. The lowest BCUT2D eigenvalue weighted by Gasteiger charge is -2.27.